The van der Waals surface area contributed by atoms with Crippen molar-refractivity contribution in [2.24, 2.45) is 5.92 Å². The number of carboxylic acid groups (broad SMARTS) is 1. The van der Waals surface area contributed by atoms with Crippen LogP contribution in [0.5, 0.6) is 0 Å². The van der Waals surface area contributed by atoms with E-state index in [2.05, 4.69) is 22.8 Å². The Kier molecular flexibility index (Phi) is 6.71. The van der Waals surface area contributed by atoms with Crippen molar-refractivity contribution < 1.29 is 14.7 Å². The summed E-state index contributed by atoms with van der Waals surface area (Å²) < 4.78 is 0. The summed E-state index contributed by atoms with van der Waals surface area (Å²) in [7, 11) is 0. The number of carbonyl (C=O) groups is 2. The van der Waals surface area contributed by atoms with E-state index in [-0.39, 0.29) is 11.8 Å². The Morgan fingerprint density at radius 1 is 0.920 bits per heavy atom. The first-order valence-electron chi connectivity index (χ1n) is 8.34. The van der Waals surface area contributed by atoms with E-state index in [1.807, 2.05) is 30.3 Å². The Balaban J connectivity index is 1.88. The van der Waals surface area contributed by atoms with Crippen LogP contribution >= 0.6 is 0 Å². The summed E-state index contributed by atoms with van der Waals surface area (Å²) in [6.45, 7) is 5.00. The molecular weight excluding hydrogens is 316 g/mol. The van der Waals surface area contributed by atoms with E-state index in [1.54, 1.807) is 26.0 Å². The molecule has 0 saturated carbocycles. The zero-order valence-electron chi connectivity index (χ0n) is 14.5. The maximum absolute atomic E-state index is 12.2. The molecule has 3 N–H and O–H groups in total. The van der Waals surface area contributed by atoms with Crippen molar-refractivity contribution in [2.75, 3.05) is 0 Å². The number of aliphatic carboxylic acids is 1. The predicted octanol–water partition coefficient (Wildman–Crippen LogP) is 2.82. The largest absolute Gasteiger partial charge is 0.480 e. The smallest absolute Gasteiger partial charge is 0.326 e. The molecule has 0 saturated heterocycles. The Morgan fingerprint density at radius 3 is 2.00 bits per heavy atom. The lowest BCUT2D eigenvalue weighted by Gasteiger charge is -2.18. The molecule has 25 heavy (non-hydrogen) atoms. The van der Waals surface area contributed by atoms with Crippen molar-refractivity contribution in [3.63, 3.8) is 0 Å². The highest BCUT2D eigenvalue weighted by atomic mass is 16.4. The van der Waals surface area contributed by atoms with Gasteiger partial charge in [-0.05, 0) is 29.2 Å². The molecule has 1 amide bonds. The summed E-state index contributed by atoms with van der Waals surface area (Å²) in [6.07, 6.45) is 0. The van der Waals surface area contributed by atoms with Crippen molar-refractivity contribution in [3.05, 3.63) is 71.3 Å². The van der Waals surface area contributed by atoms with Crippen LogP contribution in [0.15, 0.2) is 54.6 Å². The molecule has 0 fully saturated rings. The minimum Gasteiger partial charge on any atom is -0.480 e. The van der Waals surface area contributed by atoms with Gasteiger partial charge in [0, 0.05) is 18.7 Å². The molecule has 2 rings (SSSR count). The molecule has 5 heteroatoms. The first-order valence-corrected chi connectivity index (χ1v) is 8.34. The molecule has 0 aliphatic heterocycles. The van der Waals surface area contributed by atoms with Gasteiger partial charge < -0.3 is 15.7 Å². The molecule has 1 atom stereocenters. The van der Waals surface area contributed by atoms with Gasteiger partial charge in [-0.15, -0.1) is 0 Å². The fraction of sp³-hybridized carbons (Fsp3) is 0.300. The molecule has 0 bridgehead atoms. The molecule has 0 aromatic heterocycles. The highest BCUT2D eigenvalue weighted by Crippen LogP contribution is 2.08. The van der Waals surface area contributed by atoms with E-state index >= 15 is 0 Å². The zero-order chi connectivity index (χ0) is 18.2. The molecule has 0 aliphatic rings. The second-order valence-electron chi connectivity index (χ2n) is 6.32. The third kappa shape index (κ3) is 5.72. The summed E-state index contributed by atoms with van der Waals surface area (Å²) in [5.74, 6) is -1.57. The van der Waals surface area contributed by atoms with Crippen molar-refractivity contribution in [3.8, 4) is 0 Å². The first kappa shape index (κ1) is 18.7. The minimum atomic E-state index is -1.02. The van der Waals surface area contributed by atoms with Crippen LogP contribution in [0.2, 0.25) is 0 Å². The van der Waals surface area contributed by atoms with Gasteiger partial charge in [-0.1, -0.05) is 56.3 Å². The van der Waals surface area contributed by atoms with Gasteiger partial charge in [-0.25, -0.2) is 4.79 Å². The fourth-order valence-corrected chi connectivity index (χ4v) is 2.46. The van der Waals surface area contributed by atoms with E-state index in [1.165, 1.54) is 5.56 Å². The Hall–Kier alpha value is -2.66. The molecule has 0 heterocycles. The van der Waals surface area contributed by atoms with Crippen molar-refractivity contribution in [1.29, 1.82) is 0 Å². The van der Waals surface area contributed by atoms with Gasteiger partial charge in [0.05, 0.1) is 0 Å². The SMILES string of the molecule is CC(C)[C@H](NC(=O)c1ccc(CNCc2ccccc2)cc1)C(=O)O. The minimum absolute atomic E-state index is 0.178. The normalized spacial score (nSPS) is 12.0. The molecule has 0 spiro atoms. The molecule has 0 aliphatic carbocycles. The van der Waals surface area contributed by atoms with E-state index in [0.717, 1.165) is 12.1 Å². The standard InChI is InChI=1S/C20H24N2O3/c1-14(2)18(20(24)25)22-19(23)17-10-8-16(9-11-17)13-21-12-15-6-4-3-5-7-15/h3-11,14,18,21H,12-13H2,1-2H3,(H,22,23)(H,24,25)/t18-/m0/s1. The molecule has 132 valence electrons. The third-order valence-corrected chi connectivity index (χ3v) is 3.94. The number of hydrogen-bond acceptors (Lipinski definition) is 3. The van der Waals surface area contributed by atoms with Crippen LogP contribution in [0, 0.1) is 5.92 Å². The first-order chi connectivity index (χ1) is 12.0. The average Bonchev–Trinajstić information content (AvgIpc) is 2.60. The van der Waals surface area contributed by atoms with Gasteiger partial charge in [0.1, 0.15) is 6.04 Å². The Morgan fingerprint density at radius 2 is 1.48 bits per heavy atom. The maximum Gasteiger partial charge on any atom is 0.326 e. The Labute approximate surface area is 148 Å². The van der Waals surface area contributed by atoms with E-state index in [0.29, 0.717) is 12.1 Å². The quantitative estimate of drug-likeness (QED) is 0.690. The highest BCUT2D eigenvalue weighted by molar-refractivity contribution is 5.96. The topological polar surface area (TPSA) is 78.4 Å². The van der Waals surface area contributed by atoms with Crippen LogP contribution < -0.4 is 10.6 Å². The maximum atomic E-state index is 12.2. The summed E-state index contributed by atoms with van der Waals surface area (Å²) in [4.78, 5) is 23.4. The third-order valence-electron chi connectivity index (χ3n) is 3.94. The highest BCUT2D eigenvalue weighted by Gasteiger charge is 2.23. The van der Waals surface area contributed by atoms with Gasteiger partial charge in [0.15, 0.2) is 0 Å². The van der Waals surface area contributed by atoms with Gasteiger partial charge in [-0.2, -0.15) is 0 Å². The van der Waals surface area contributed by atoms with Crippen molar-refractivity contribution in [1.82, 2.24) is 10.6 Å². The lowest BCUT2D eigenvalue weighted by Crippen LogP contribution is -2.44. The van der Waals surface area contributed by atoms with Gasteiger partial charge in [0.25, 0.3) is 5.91 Å². The number of carboxylic acids is 1. The van der Waals surface area contributed by atoms with Gasteiger partial charge >= 0.3 is 5.97 Å². The van der Waals surface area contributed by atoms with Gasteiger partial charge in [-0.3, -0.25) is 4.79 Å². The second kappa shape index (κ2) is 8.99. The molecule has 2 aromatic rings. The van der Waals surface area contributed by atoms with Crippen LogP contribution in [-0.4, -0.2) is 23.0 Å². The van der Waals surface area contributed by atoms with Crippen molar-refractivity contribution >= 4 is 11.9 Å². The monoisotopic (exact) mass is 340 g/mol. The number of carbonyl (C=O) groups excluding carboxylic acids is 1. The average molecular weight is 340 g/mol. The summed E-state index contributed by atoms with van der Waals surface area (Å²) in [6, 6.07) is 16.4. The number of hydrogen-bond donors (Lipinski definition) is 3. The van der Waals surface area contributed by atoms with Gasteiger partial charge in [0.2, 0.25) is 0 Å². The number of nitrogens with one attached hydrogen (secondary N) is 2. The van der Waals surface area contributed by atoms with Crippen LogP contribution in [0.1, 0.15) is 35.3 Å². The molecule has 5 nitrogen and oxygen atoms in total. The van der Waals surface area contributed by atoms with Crippen LogP contribution in [0.25, 0.3) is 0 Å². The molecule has 0 radical (unpaired) electrons. The summed E-state index contributed by atoms with van der Waals surface area (Å²) in [5.41, 5.74) is 2.73. The predicted molar refractivity (Wildman–Crippen MR) is 97.2 cm³/mol. The number of benzene rings is 2. The summed E-state index contributed by atoms with van der Waals surface area (Å²) >= 11 is 0. The van der Waals surface area contributed by atoms with Crippen LogP contribution in [0.4, 0.5) is 0 Å². The lowest BCUT2D eigenvalue weighted by molar-refractivity contribution is -0.140. The van der Waals surface area contributed by atoms with Crippen molar-refractivity contribution in [2.45, 2.75) is 33.0 Å². The summed E-state index contributed by atoms with van der Waals surface area (Å²) in [5, 5.41) is 15.1. The van der Waals surface area contributed by atoms with E-state index in [9.17, 15) is 9.59 Å². The molecule has 0 unspecified atom stereocenters. The van der Waals surface area contributed by atoms with Crippen LogP contribution in [-0.2, 0) is 17.9 Å². The van der Waals surface area contributed by atoms with Crippen LogP contribution in [0.3, 0.4) is 0 Å². The second-order valence-corrected chi connectivity index (χ2v) is 6.32. The fourth-order valence-electron chi connectivity index (χ4n) is 2.46. The van der Waals surface area contributed by atoms with E-state index in [4.69, 9.17) is 5.11 Å². The lowest BCUT2D eigenvalue weighted by atomic mass is 10.0. The van der Waals surface area contributed by atoms with E-state index < -0.39 is 12.0 Å². The number of rotatable bonds is 8. The number of amides is 1. The molecular formula is C20H24N2O3. The molecule has 2 aromatic carbocycles. The Bertz CT molecular complexity index is 697. The zero-order valence-corrected chi connectivity index (χ0v) is 14.5.